The third kappa shape index (κ3) is 3.76. The number of benzene rings is 1. The number of carboxylic acid groups (broad SMARTS) is 1. The smallest absolute Gasteiger partial charge is 0.550 e. The molecule has 1 aromatic carbocycles. The maximum atomic E-state index is 10.1. The Labute approximate surface area is 92.3 Å². The maximum absolute atomic E-state index is 10.1. The van der Waals surface area contributed by atoms with E-state index in [4.69, 9.17) is 5.11 Å². The second-order valence-corrected chi connectivity index (χ2v) is 2.22. The molecule has 0 aliphatic rings. The Kier molecular flexibility index (Phi) is 4.97. The van der Waals surface area contributed by atoms with Crippen LogP contribution < -0.4 is 34.7 Å². The van der Waals surface area contributed by atoms with E-state index in [-0.39, 0.29) is 41.7 Å². The Morgan fingerprint density at radius 2 is 1.83 bits per heavy atom. The van der Waals surface area contributed by atoms with Crippen molar-refractivity contribution < 1.29 is 44.6 Å². The topological polar surface area (TPSA) is 60.4 Å². The van der Waals surface area contributed by atoms with Gasteiger partial charge in [0.05, 0.1) is 0 Å². The van der Waals surface area contributed by atoms with E-state index in [1.54, 1.807) is 12.1 Å². The van der Waals surface area contributed by atoms with Gasteiger partial charge in [0.15, 0.2) is 0 Å². The van der Waals surface area contributed by atoms with Gasteiger partial charge in [-0.3, -0.25) is 0 Å². The number of carbonyl (C=O) groups excluding carboxylic acids is 1. The number of aliphatic carboxylic acids is 1. The second-order valence-electron chi connectivity index (χ2n) is 2.22. The molecular formula is C8H7NaO3. The first-order chi connectivity index (χ1) is 5.18. The van der Waals surface area contributed by atoms with E-state index in [1.807, 2.05) is 0 Å². The van der Waals surface area contributed by atoms with Gasteiger partial charge in [-0.2, -0.15) is 0 Å². The standard InChI is InChI=1S/C8H8O3.Na/c9-7-3-1-6(2-4-7)5-8(10)11;/h1-4,9H,5H2,(H,10,11);/q;+1/p-1. The third-order valence-corrected chi connectivity index (χ3v) is 1.28. The molecule has 0 amide bonds. The molecule has 3 nitrogen and oxygen atoms in total. The fourth-order valence-corrected chi connectivity index (χ4v) is 0.780. The normalized spacial score (nSPS) is 8.67. The van der Waals surface area contributed by atoms with Gasteiger partial charge in [0.1, 0.15) is 5.75 Å². The molecule has 0 saturated carbocycles. The van der Waals surface area contributed by atoms with Gasteiger partial charge in [-0.05, 0) is 17.7 Å². The molecule has 0 atom stereocenters. The van der Waals surface area contributed by atoms with Crippen molar-refractivity contribution in [1.82, 2.24) is 0 Å². The van der Waals surface area contributed by atoms with E-state index in [0.717, 1.165) is 0 Å². The molecule has 12 heavy (non-hydrogen) atoms. The number of rotatable bonds is 2. The van der Waals surface area contributed by atoms with E-state index >= 15 is 0 Å². The molecule has 58 valence electrons. The monoisotopic (exact) mass is 174 g/mol. The summed E-state index contributed by atoms with van der Waals surface area (Å²) in [6.45, 7) is 0. The Hall–Kier alpha value is -0.510. The zero-order chi connectivity index (χ0) is 8.27. The van der Waals surface area contributed by atoms with Gasteiger partial charge in [-0.25, -0.2) is 0 Å². The molecule has 0 aliphatic carbocycles. The van der Waals surface area contributed by atoms with Crippen molar-refractivity contribution in [2.45, 2.75) is 6.42 Å². The van der Waals surface area contributed by atoms with Crippen molar-refractivity contribution in [3.63, 3.8) is 0 Å². The molecule has 0 fully saturated rings. The summed E-state index contributed by atoms with van der Waals surface area (Å²) in [5, 5.41) is 18.9. The van der Waals surface area contributed by atoms with Gasteiger partial charge < -0.3 is 15.0 Å². The zero-order valence-electron chi connectivity index (χ0n) is 6.78. The van der Waals surface area contributed by atoms with E-state index in [1.165, 1.54) is 12.1 Å². The van der Waals surface area contributed by atoms with Crippen LogP contribution in [0.5, 0.6) is 5.75 Å². The molecule has 0 unspecified atom stereocenters. The van der Waals surface area contributed by atoms with Crippen molar-refractivity contribution in [2.75, 3.05) is 0 Å². The van der Waals surface area contributed by atoms with Crippen LogP contribution in [0.2, 0.25) is 0 Å². The number of phenols is 1. The van der Waals surface area contributed by atoms with Gasteiger partial charge in [-0.1, -0.05) is 12.1 Å². The SMILES string of the molecule is O=C([O-])Cc1ccc(O)cc1.[Na+]. The summed E-state index contributed by atoms with van der Waals surface area (Å²) < 4.78 is 0. The minimum absolute atomic E-state index is 0. The van der Waals surface area contributed by atoms with Crippen molar-refractivity contribution in [3.05, 3.63) is 29.8 Å². The van der Waals surface area contributed by atoms with Crippen molar-refractivity contribution >= 4 is 5.97 Å². The summed E-state index contributed by atoms with van der Waals surface area (Å²) in [5.41, 5.74) is 0.628. The summed E-state index contributed by atoms with van der Waals surface area (Å²) in [4.78, 5) is 10.1. The van der Waals surface area contributed by atoms with Crippen LogP contribution in [-0.4, -0.2) is 11.1 Å². The van der Waals surface area contributed by atoms with Crippen molar-refractivity contribution in [2.24, 2.45) is 0 Å². The van der Waals surface area contributed by atoms with Crippen LogP contribution in [0.25, 0.3) is 0 Å². The van der Waals surface area contributed by atoms with Crippen LogP contribution in [0, 0.1) is 0 Å². The van der Waals surface area contributed by atoms with E-state index in [0.29, 0.717) is 5.56 Å². The molecule has 1 rings (SSSR count). The predicted molar refractivity (Wildman–Crippen MR) is 36.8 cm³/mol. The molecule has 4 heteroatoms. The molecule has 1 aromatic rings. The first-order valence-electron chi connectivity index (χ1n) is 3.16. The molecule has 0 aliphatic heterocycles. The summed E-state index contributed by atoms with van der Waals surface area (Å²) in [6, 6.07) is 5.98. The number of hydrogen-bond donors (Lipinski definition) is 1. The number of carboxylic acids is 1. The van der Waals surface area contributed by atoms with Gasteiger partial charge in [-0.15, -0.1) is 0 Å². The second kappa shape index (κ2) is 5.19. The molecule has 0 spiro atoms. The zero-order valence-corrected chi connectivity index (χ0v) is 8.78. The van der Waals surface area contributed by atoms with E-state index < -0.39 is 5.97 Å². The van der Waals surface area contributed by atoms with Gasteiger partial charge >= 0.3 is 29.6 Å². The molecule has 0 heterocycles. The minimum Gasteiger partial charge on any atom is -0.550 e. The summed E-state index contributed by atoms with van der Waals surface area (Å²) >= 11 is 0. The average molecular weight is 174 g/mol. The Morgan fingerprint density at radius 1 is 1.33 bits per heavy atom. The van der Waals surface area contributed by atoms with Crippen LogP contribution in [-0.2, 0) is 11.2 Å². The Bertz CT molecular complexity index is 256. The van der Waals surface area contributed by atoms with Gasteiger partial charge in [0.25, 0.3) is 0 Å². The molecule has 0 radical (unpaired) electrons. The van der Waals surface area contributed by atoms with Crippen LogP contribution in [0.3, 0.4) is 0 Å². The molecule has 0 bridgehead atoms. The number of phenolic OH excluding ortho intramolecular Hbond substituents is 1. The van der Waals surface area contributed by atoms with Crippen molar-refractivity contribution in [3.8, 4) is 5.75 Å². The average Bonchev–Trinajstić information content (AvgIpc) is 1.93. The third-order valence-electron chi connectivity index (χ3n) is 1.28. The molecule has 1 N–H and O–H groups in total. The predicted octanol–water partition coefficient (Wildman–Crippen LogP) is -3.31. The van der Waals surface area contributed by atoms with Gasteiger partial charge in [0, 0.05) is 12.4 Å². The van der Waals surface area contributed by atoms with Crippen LogP contribution in [0.15, 0.2) is 24.3 Å². The number of hydrogen-bond acceptors (Lipinski definition) is 3. The quantitative estimate of drug-likeness (QED) is 0.477. The summed E-state index contributed by atoms with van der Waals surface area (Å²) in [6.07, 6.45) is -0.111. The fraction of sp³-hybridized carbons (Fsp3) is 0.125. The molecular weight excluding hydrogens is 167 g/mol. The minimum atomic E-state index is -1.12. The molecule has 0 aromatic heterocycles. The van der Waals surface area contributed by atoms with E-state index in [2.05, 4.69) is 0 Å². The first kappa shape index (κ1) is 11.5. The van der Waals surface area contributed by atoms with Crippen LogP contribution in [0.4, 0.5) is 0 Å². The van der Waals surface area contributed by atoms with E-state index in [9.17, 15) is 9.90 Å². The Morgan fingerprint density at radius 3 is 2.25 bits per heavy atom. The van der Waals surface area contributed by atoms with Crippen LogP contribution >= 0.6 is 0 Å². The first-order valence-corrected chi connectivity index (χ1v) is 3.16. The Balaban J connectivity index is 0.00000121. The number of aromatic hydroxyl groups is 1. The molecule has 0 saturated heterocycles. The van der Waals surface area contributed by atoms with Crippen molar-refractivity contribution in [1.29, 1.82) is 0 Å². The van der Waals surface area contributed by atoms with Gasteiger partial charge in [0.2, 0.25) is 0 Å². The fourth-order valence-electron chi connectivity index (χ4n) is 0.780. The summed E-state index contributed by atoms with van der Waals surface area (Å²) in [7, 11) is 0. The maximum Gasteiger partial charge on any atom is 1.00 e. The summed E-state index contributed by atoms with van der Waals surface area (Å²) in [5.74, 6) is -0.984. The largest absolute Gasteiger partial charge is 1.00 e. The van der Waals surface area contributed by atoms with Crippen LogP contribution in [0.1, 0.15) is 5.56 Å². The number of carbonyl (C=O) groups is 1.